The number of hydrogen-bond acceptors (Lipinski definition) is 2. The van der Waals surface area contributed by atoms with Crippen molar-refractivity contribution < 1.29 is 5.11 Å². The van der Waals surface area contributed by atoms with E-state index in [0.29, 0.717) is 0 Å². The van der Waals surface area contributed by atoms with Crippen LogP contribution < -0.4 is 0 Å². The molecule has 2 N–H and O–H groups in total. The monoisotopic (exact) mass is 155 g/mol. The average Bonchev–Trinajstić information content (AvgIpc) is 1.95. The molecule has 0 saturated heterocycles. The zero-order valence-corrected chi connectivity index (χ0v) is 6.53. The molecule has 0 amide bonds. The van der Waals surface area contributed by atoms with Crippen LogP contribution in [0.3, 0.4) is 0 Å². The van der Waals surface area contributed by atoms with Gasteiger partial charge in [0.05, 0.1) is 6.61 Å². The van der Waals surface area contributed by atoms with Gasteiger partial charge in [0.2, 0.25) is 0 Å². The van der Waals surface area contributed by atoms with E-state index in [4.69, 9.17) is 17.3 Å². The van der Waals surface area contributed by atoms with Crippen LogP contribution in [0.1, 0.15) is 11.1 Å². The van der Waals surface area contributed by atoms with E-state index in [1.165, 1.54) is 0 Å². The first-order chi connectivity index (χ1) is 4.74. The Morgan fingerprint density at radius 2 is 2.40 bits per heavy atom. The van der Waals surface area contributed by atoms with E-state index in [1.807, 2.05) is 13.0 Å². The zero-order valence-electron chi connectivity index (χ0n) is 5.72. The molecule has 0 bridgehead atoms. The van der Waals surface area contributed by atoms with Crippen molar-refractivity contribution in [3.8, 4) is 0 Å². The van der Waals surface area contributed by atoms with Crippen LogP contribution in [0.5, 0.6) is 0 Å². The first kappa shape index (κ1) is 7.44. The van der Waals surface area contributed by atoms with Gasteiger partial charge >= 0.3 is 0 Å². The molecule has 0 radical (unpaired) electrons. The predicted molar refractivity (Wildman–Crippen MR) is 42.3 cm³/mol. The minimum atomic E-state index is 0.0625. The highest BCUT2D eigenvalue weighted by Crippen LogP contribution is 2.02. The van der Waals surface area contributed by atoms with Crippen molar-refractivity contribution in [2.24, 2.45) is 0 Å². The molecule has 0 aliphatic carbocycles. The number of aliphatic hydroxyl groups excluding tert-OH is 1. The standard InChI is InChI=1S/C7H9NOS/c1-5-2-6(4-9)3-8-7(5)10/h2-3,9H,4H2,1H3,(H,8,10). The first-order valence-corrected chi connectivity index (χ1v) is 3.44. The number of nitrogens with one attached hydrogen (secondary N) is 1. The summed E-state index contributed by atoms with van der Waals surface area (Å²) >= 11 is 4.92. The van der Waals surface area contributed by atoms with E-state index < -0.39 is 0 Å². The lowest BCUT2D eigenvalue weighted by molar-refractivity contribution is 0.281. The third kappa shape index (κ3) is 1.43. The van der Waals surface area contributed by atoms with E-state index in [0.717, 1.165) is 15.8 Å². The van der Waals surface area contributed by atoms with Crippen LogP contribution in [0.15, 0.2) is 12.3 Å². The summed E-state index contributed by atoms with van der Waals surface area (Å²) in [6, 6.07) is 1.87. The Labute approximate surface area is 64.5 Å². The smallest absolute Gasteiger partial charge is 0.106 e. The summed E-state index contributed by atoms with van der Waals surface area (Å²) in [4.78, 5) is 2.87. The zero-order chi connectivity index (χ0) is 7.56. The third-order valence-corrected chi connectivity index (χ3v) is 1.77. The van der Waals surface area contributed by atoms with E-state index in [2.05, 4.69) is 4.98 Å². The van der Waals surface area contributed by atoms with Gasteiger partial charge in [-0.1, -0.05) is 12.2 Å². The molecule has 1 aromatic rings. The Bertz CT molecular complexity index is 279. The molecule has 1 heterocycles. The van der Waals surface area contributed by atoms with Gasteiger partial charge in [0.15, 0.2) is 0 Å². The molecule has 0 spiro atoms. The summed E-state index contributed by atoms with van der Waals surface area (Å²) in [5.41, 5.74) is 1.87. The summed E-state index contributed by atoms with van der Waals surface area (Å²) in [6.45, 7) is 1.98. The van der Waals surface area contributed by atoms with Crippen molar-refractivity contribution >= 4 is 12.2 Å². The van der Waals surface area contributed by atoms with Gasteiger partial charge in [-0.15, -0.1) is 0 Å². The highest BCUT2D eigenvalue weighted by atomic mass is 32.1. The summed E-state index contributed by atoms with van der Waals surface area (Å²) < 4.78 is 0.734. The molecule has 0 saturated carbocycles. The van der Waals surface area contributed by atoms with Gasteiger partial charge in [-0.2, -0.15) is 0 Å². The van der Waals surface area contributed by atoms with Gasteiger partial charge in [-0.25, -0.2) is 0 Å². The Kier molecular flexibility index (Phi) is 2.19. The molecule has 10 heavy (non-hydrogen) atoms. The number of rotatable bonds is 1. The number of hydrogen-bond donors (Lipinski definition) is 2. The molecule has 3 heteroatoms. The molecule has 0 unspecified atom stereocenters. The maximum atomic E-state index is 8.70. The number of pyridine rings is 1. The Hall–Kier alpha value is -0.670. The van der Waals surface area contributed by atoms with Crippen molar-refractivity contribution in [3.63, 3.8) is 0 Å². The summed E-state index contributed by atoms with van der Waals surface area (Å²) in [7, 11) is 0. The molecular weight excluding hydrogens is 146 g/mol. The molecule has 0 aromatic carbocycles. The van der Waals surface area contributed by atoms with Crippen LogP contribution in [0.25, 0.3) is 0 Å². The quantitative estimate of drug-likeness (QED) is 0.603. The Morgan fingerprint density at radius 3 is 2.90 bits per heavy atom. The molecule has 2 nitrogen and oxygen atoms in total. The lowest BCUT2D eigenvalue weighted by Gasteiger charge is -1.96. The number of aryl methyl sites for hydroxylation is 1. The highest BCUT2D eigenvalue weighted by Gasteiger charge is 1.90. The predicted octanol–water partition coefficient (Wildman–Crippen LogP) is 1.54. The molecule has 0 fully saturated rings. The van der Waals surface area contributed by atoms with Crippen molar-refractivity contribution in [1.82, 2.24) is 4.98 Å². The topological polar surface area (TPSA) is 36.0 Å². The van der Waals surface area contributed by atoms with Crippen LogP contribution in [-0.2, 0) is 6.61 Å². The SMILES string of the molecule is Cc1cc(CO)c[nH]c1=S. The van der Waals surface area contributed by atoms with E-state index in [1.54, 1.807) is 6.20 Å². The second-order valence-corrected chi connectivity index (χ2v) is 2.59. The second kappa shape index (κ2) is 2.94. The van der Waals surface area contributed by atoms with Gasteiger partial charge in [0, 0.05) is 6.20 Å². The highest BCUT2D eigenvalue weighted by molar-refractivity contribution is 7.71. The fraction of sp³-hybridized carbons (Fsp3) is 0.286. The van der Waals surface area contributed by atoms with Gasteiger partial charge in [0.1, 0.15) is 4.64 Å². The third-order valence-electron chi connectivity index (χ3n) is 1.33. The summed E-state index contributed by atoms with van der Waals surface area (Å²) in [5.74, 6) is 0. The van der Waals surface area contributed by atoms with E-state index in [-0.39, 0.29) is 6.61 Å². The summed E-state index contributed by atoms with van der Waals surface area (Å²) in [5, 5.41) is 8.70. The molecule has 0 aliphatic heterocycles. The van der Waals surface area contributed by atoms with E-state index in [9.17, 15) is 0 Å². The fourth-order valence-corrected chi connectivity index (χ4v) is 0.867. The van der Waals surface area contributed by atoms with Gasteiger partial charge < -0.3 is 10.1 Å². The van der Waals surface area contributed by atoms with Crippen LogP contribution in [0.4, 0.5) is 0 Å². The second-order valence-electron chi connectivity index (χ2n) is 2.18. The molecular formula is C7H9NOS. The lowest BCUT2D eigenvalue weighted by atomic mass is 10.2. The number of aromatic nitrogens is 1. The van der Waals surface area contributed by atoms with Crippen molar-refractivity contribution in [3.05, 3.63) is 28.0 Å². The lowest BCUT2D eigenvalue weighted by Crippen LogP contribution is -1.87. The largest absolute Gasteiger partial charge is 0.392 e. The molecule has 54 valence electrons. The molecule has 0 atom stereocenters. The maximum Gasteiger partial charge on any atom is 0.106 e. The molecule has 1 aromatic heterocycles. The van der Waals surface area contributed by atoms with Crippen molar-refractivity contribution in [2.75, 3.05) is 0 Å². The van der Waals surface area contributed by atoms with Gasteiger partial charge in [0.25, 0.3) is 0 Å². The van der Waals surface area contributed by atoms with E-state index >= 15 is 0 Å². The van der Waals surface area contributed by atoms with Crippen LogP contribution in [0.2, 0.25) is 0 Å². The molecule has 1 rings (SSSR count). The van der Waals surface area contributed by atoms with Crippen LogP contribution in [-0.4, -0.2) is 10.1 Å². The summed E-state index contributed by atoms with van der Waals surface area (Å²) in [6.07, 6.45) is 1.72. The van der Waals surface area contributed by atoms with Crippen molar-refractivity contribution in [2.45, 2.75) is 13.5 Å². The van der Waals surface area contributed by atoms with Gasteiger partial charge in [-0.3, -0.25) is 0 Å². The number of aromatic amines is 1. The Morgan fingerprint density at radius 1 is 1.70 bits per heavy atom. The van der Waals surface area contributed by atoms with Crippen molar-refractivity contribution in [1.29, 1.82) is 0 Å². The Balaban J connectivity index is 3.17. The molecule has 0 aliphatic rings. The number of H-pyrrole nitrogens is 1. The van der Waals surface area contributed by atoms with Crippen LogP contribution >= 0.6 is 12.2 Å². The maximum absolute atomic E-state index is 8.70. The first-order valence-electron chi connectivity index (χ1n) is 3.03. The normalized spacial score (nSPS) is 9.80. The minimum Gasteiger partial charge on any atom is -0.392 e. The minimum absolute atomic E-state index is 0.0625. The van der Waals surface area contributed by atoms with Crippen LogP contribution in [0, 0.1) is 11.6 Å². The fourth-order valence-electron chi connectivity index (χ4n) is 0.749. The number of aliphatic hydroxyl groups is 1. The van der Waals surface area contributed by atoms with Gasteiger partial charge in [-0.05, 0) is 24.1 Å². The average molecular weight is 155 g/mol.